The summed E-state index contributed by atoms with van der Waals surface area (Å²) < 4.78 is 1.76. The lowest BCUT2D eigenvalue weighted by molar-refractivity contribution is 0.916. The fourth-order valence-electron chi connectivity index (χ4n) is 1.17. The van der Waals surface area contributed by atoms with Crippen molar-refractivity contribution in [1.29, 1.82) is 0 Å². The Morgan fingerprint density at radius 1 is 1.54 bits per heavy atom. The molecule has 0 saturated carbocycles. The third kappa shape index (κ3) is 1.61. The van der Waals surface area contributed by atoms with Crippen LogP contribution in [0.3, 0.4) is 0 Å². The summed E-state index contributed by atoms with van der Waals surface area (Å²) in [7, 11) is 0. The molecule has 2 rings (SSSR count). The minimum atomic E-state index is 0.876. The quantitative estimate of drug-likeness (QED) is 0.771. The lowest BCUT2D eigenvalue weighted by atomic mass is 10.5. The molecule has 0 aliphatic carbocycles. The lowest BCUT2D eigenvalue weighted by Crippen LogP contribution is -1.99. The van der Waals surface area contributed by atoms with Crippen LogP contribution in [0.15, 0.2) is 24.5 Å². The van der Waals surface area contributed by atoms with E-state index in [1.54, 1.807) is 10.7 Å². The van der Waals surface area contributed by atoms with E-state index < -0.39 is 0 Å². The van der Waals surface area contributed by atoms with Gasteiger partial charge in [-0.05, 0) is 12.5 Å². The standard InChI is InChI=1S/C9H12N4/c1-2-4-10-8-7-9-11-5-3-6-13(9)12-8/h3,5-7H,2,4H2,1H3,(H,10,12). The highest BCUT2D eigenvalue weighted by Gasteiger charge is 1.98. The highest BCUT2D eigenvalue weighted by atomic mass is 15.3. The summed E-state index contributed by atoms with van der Waals surface area (Å²) >= 11 is 0. The molecule has 1 N–H and O–H groups in total. The predicted molar refractivity (Wildman–Crippen MR) is 51.8 cm³/mol. The molecule has 0 spiro atoms. The van der Waals surface area contributed by atoms with Gasteiger partial charge in [0.2, 0.25) is 0 Å². The summed E-state index contributed by atoms with van der Waals surface area (Å²) in [5.74, 6) is 0.889. The maximum absolute atomic E-state index is 4.29. The van der Waals surface area contributed by atoms with Crippen molar-refractivity contribution in [3.05, 3.63) is 24.5 Å². The van der Waals surface area contributed by atoms with Gasteiger partial charge in [0.05, 0.1) is 0 Å². The van der Waals surface area contributed by atoms with E-state index in [9.17, 15) is 0 Å². The SMILES string of the molecule is CCCNc1cc2ncccn2n1. The molecular weight excluding hydrogens is 164 g/mol. The molecule has 0 aromatic carbocycles. The summed E-state index contributed by atoms with van der Waals surface area (Å²) in [4.78, 5) is 4.17. The minimum absolute atomic E-state index is 0.876. The van der Waals surface area contributed by atoms with E-state index in [0.29, 0.717) is 0 Å². The summed E-state index contributed by atoms with van der Waals surface area (Å²) in [5.41, 5.74) is 0.876. The van der Waals surface area contributed by atoms with Gasteiger partial charge in [-0.15, -0.1) is 5.10 Å². The summed E-state index contributed by atoms with van der Waals surface area (Å²) in [6.07, 6.45) is 4.75. The Bertz CT molecular complexity index is 360. The lowest BCUT2D eigenvalue weighted by Gasteiger charge is -1.96. The summed E-state index contributed by atoms with van der Waals surface area (Å²) in [5, 5.41) is 7.51. The molecule has 0 fully saturated rings. The van der Waals surface area contributed by atoms with E-state index in [0.717, 1.165) is 24.4 Å². The fourth-order valence-corrected chi connectivity index (χ4v) is 1.17. The number of anilines is 1. The molecule has 0 saturated heterocycles. The molecule has 0 aliphatic rings. The number of fused-ring (bicyclic) bond motifs is 1. The van der Waals surface area contributed by atoms with Crippen LogP contribution in [0.5, 0.6) is 0 Å². The monoisotopic (exact) mass is 176 g/mol. The van der Waals surface area contributed by atoms with Crippen molar-refractivity contribution in [2.24, 2.45) is 0 Å². The average Bonchev–Trinajstić information content (AvgIpc) is 2.57. The normalized spacial score (nSPS) is 10.5. The van der Waals surface area contributed by atoms with Crippen molar-refractivity contribution < 1.29 is 0 Å². The smallest absolute Gasteiger partial charge is 0.157 e. The van der Waals surface area contributed by atoms with E-state index in [2.05, 4.69) is 22.3 Å². The molecule has 0 bridgehead atoms. The molecule has 68 valence electrons. The van der Waals surface area contributed by atoms with Crippen molar-refractivity contribution in [2.75, 3.05) is 11.9 Å². The molecule has 2 aromatic heterocycles. The Morgan fingerprint density at radius 3 is 3.23 bits per heavy atom. The fraction of sp³-hybridized carbons (Fsp3) is 0.333. The Kier molecular flexibility index (Phi) is 2.12. The third-order valence-electron chi connectivity index (χ3n) is 1.79. The van der Waals surface area contributed by atoms with E-state index >= 15 is 0 Å². The second-order valence-electron chi connectivity index (χ2n) is 2.88. The van der Waals surface area contributed by atoms with Gasteiger partial charge in [-0.2, -0.15) is 0 Å². The van der Waals surface area contributed by atoms with Crippen molar-refractivity contribution in [1.82, 2.24) is 14.6 Å². The van der Waals surface area contributed by atoms with Crippen LogP contribution in [-0.2, 0) is 0 Å². The number of nitrogens with zero attached hydrogens (tertiary/aromatic N) is 3. The molecule has 0 aliphatic heterocycles. The molecule has 2 heterocycles. The van der Waals surface area contributed by atoms with E-state index in [-0.39, 0.29) is 0 Å². The molecular formula is C9H12N4. The van der Waals surface area contributed by atoms with E-state index in [1.807, 2.05) is 18.3 Å². The predicted octanol–water partition coefficient (Wildman–Crippen LogP) is 1.55. The van der Waals surface area contributed by atoms with Crippen LogP contribution in [0.4, 0.5) is 5.82 Å². The van der Waals surface area contributed by atoms with Crippen LogP contribution in [0.25, 0.3) is 5.65 Å². The van der Waals surface area contributed by atoms with Crippen LogP contribution in [0, 0.1) is 0 Å². The van der Waals surface area contributed by atoms with E-state index in [4.69, 9.17) is 0 Å². The minimum Gasteiger partial charge on any atom is -0.369 e. The number of hydrogen-bond donors (Lipinski definition) is 1. The number of hydrogen-bond acceptors (Lipinski definition) is 3. The molecule has 13 heavy (non-hydrogen) atoms. The van der Waals surface area contributed by atoms with Crippen molar-refractivity contribution in [3.63, 3.8) is 0 Å². The van der Waals surface area contributed by atoms with Gasteiger partial charge in [-0.3, -0.25) is 0 Å². The van der Waals surface area contributed by atoms with Crippen LogP contribution in [0.2, 0.25) is 0 Å². The number of rotatable bonds is 3. The first-order chi connectivity index (χ1) is 6.40. The van der Waals surface area contributed by atoms with Crippen molar-refractivity contribution >= 4 is 11.5 Å². The molecule has 0 unspecified atom stereocenters. The zero-order valence-corrected chi connectivity index (χ0v) is 7.57. The molecule has 0 radical (unpaired) electrons. The molecule has 4 heteroatoms. The number of nitrogens with one attached hydrogen (secondary N) is 1. The van der Waals surface area contributed by atoms with Crippen LogP contribution >= 0.6 is 0 Å². The molecule has 0 atom stereocenters. The second kappa shape index (κ2) is 3.43. The van der Waals surface area contributed by atoms with Gasteiger partial charge >= 0.3 is 0 Å². The first-order valence-corrected chi connectivity index (χ1v) is 4.44. The maximum Gasteiger partial charge on any atom is 0.157 e. The Morgan fingerprint density at radius 2 is 2.46 bits per heavy atom. The topological polar surface area (TPSA) is 42.2 Å². The van der Waals surface area contributed by atoms with Crippen LogP contribution in [0.1, 0.15) is 13.3 Å². The van der Waals surface area contributed by atoms with E-state index in [1.165, 1.54) is 0 Å². The van der Waals surface area contributed by atoms with Crippen LogP contribution < -0.4 is 5.32 Å². The van der Waals surface area contributed by atoms with Gasteiger partial charge in [0.15, 0.2) is 11.5 Å². The molecule has 0 amide bonds. The average molecular weight is 176 g/mol. The molecule has 4 nitrogen and oxygen atoms in total. The zero-order chi connectivity index (χ0) is 9.10. The summed E-state index contributed by atoms with van der Waals surface area (Å²) in [6.45, 7) is 3.07. The van der Waals surface area contributed by atoms with Crippen molar-refractivity contribution in [3.8, 4) is 0 Å². The zero-order valence-electron chi connectivity index (χ0n) is 7.57. The van der Waals surface area contributed by atoms with Gasteiger partial charge < -0.3 is 5.32 Å². The second-order valence-corrected chi connectivity index (χ2v) is 2.88. The molecule has 2 aromatic rings. The van der Waals surface area contributed by atoms with Gasteiger partial charge in [-0.25, -0.2) is 9.50 Å². The van der Waals surface area contributed by atoms with Gasteiger partial charge in [0.25, 0.3) is 0 Å². The van der Waals surface area contributed by atoms with Gasteiger partial charge in [0, 0.05) is 25.0 Å². The maximum atomic E-state index is 4.29. The Labute approximate surface area is 76.6 Å². The van der Waals surface area contributed by atoms with Crippen LogP contribution in [-0.4, -0.2) is 21.1 Å². The third-order valence-corrected chi connectivity index (χ3v) is 1.79. The number of aromatic nitrogens is 3. The van der Waals surface area contributed by atoms with Gasteiger partial charge in [0.1, 0.15) is 0 Å². The largest absolute Gasteiger partial charge is 0.369 e. The van der Waals surface area contributed by atoms with Gasteiger partial charge in [-0.1, -0.05) is 6.92 Å². The Balaban J connectivity index is 2.28. The highest BCUT2D eigenvalue weighted by Crippen LogP contribution is 2.07. The highest BCUT2D eigenvalue weighted by molar-refractivity contribution is 5.49. The summed E-state index contributed by atoms with van der Waals surface area (Å²) in [6, 6.07) is 3.80. The first-order valence-electron chi connectivity index (χ1n) is 4.44. The Hall–Kier alpha value is -1.58. The van der Waals surface area contributed by atoms with Crippen molar-refractivity contribution in [2.45, 2.75) is 13.3 Å². The first kappa shape index (κ1) is 8.04.